The molecule has 0 saturated heterocycles. The molecule has 4 nitrogen and oxygen atoms in total. The van der Waals surface area contributed by atoms with E-state index in [0.717, 1.165) is 32.5 Å². The average Bonchev–Trinajstić information content (AvgIpc) is 2.76. The topological polar surface area (TPSA) is 35.6 Å². The molecule has 1 N–H and O–H groups in total. The summed E-state index contributed by atoms with van der Waals surface area (Å²) in [7, 11) is 4.10. The van der Waals surface area contributed by atoms with Crippen LogP contribution in [0.2, 0.25) is 0 Å². The van der Waals surface area contributed by atoms with E-state index in [2.05, 4.69) is 46.3 Å². The first-order valence-corrected chi connectivity index (χ1v) is 7.84. The zero-order chi connectivity index (χ0) is 15.2. The van der Waals surface area contributed by atoms with Gasteiger partial charge in [0.1, 0.15) is 0 Å². The van der Waals surface area contributed by atoms with Crippen molar-refractivity contribution >= 4 is 11.6 Å². The van der Waals surface area contributed by atoms with Crippen LogP contribution < -0.4 is 10.2 Å². The van der Waals surface area contributed by atoms with Crippen molar-refractivity contribution < 1.29 is 4.79 Å². The second-order valence-corrected chi connectivity index (χ2v) is 6.13. The highest BCUT2D eigenvalue weighted by molar-refractivity contribution is 5.76. The Hall–Kier alpha value is -1.55. The molecule has 0 saturated carbocycles. The lowest BCUT2D eigenvalue weighted by atomic mass is 10.1. The summed E-state index contributed by atoms with van der Waals surface area (Å²) >= 11 is 0. The number of hydrogen-bond donors (Lipinski definition) is 1. The molecular formula is C17H27N3O. The van der Waals surface area contributed by atoms with Crippen LogP contribution in [0.3, 0.4) is 0 Å². The van der Waals surface area contributed by atoms with Gasteiger partial charge in [0.2, 0.25) is 5.91 Å². The first-order valence-electron chi connectivity index (χ1n) is 7.84. The minimum Gasteiger partial charge on any atom is -0.368 e. The van der Waals surface area contributed by atoms with Gasteiger partial charge in [-0.05, 0) is 52.0 Å². The highest BCUT2D eigenvalue weighted by atomic mass is 16.1. The highest BCUT2D eigenvalue weighted by Crippen LogP contribution is 2.31. The molecule has 0 radical (unpaired) electrons. The van der Waals surface area contributed by atoms with Crippen molar-refractivity contribution in [2.24, 2.45) is 0 Å². The number of para-hydroxylation sites is 1. The molecule has 0 bridgehead atoms. The molecule has 0 aromatic heterocycles. The second-order valence-electron chi connectivity index (χ2n) is 6.13. The maximum Gasteiger partial charge on any atom is 0.221 e. The Morgan fingerprint density at radius 1 is 1.38 bits per heavy atom. The van der Waals surface area contributed by atoms with Crippen molar-refractivity contribution in [1.29, 1.82) is 0 Å². The van der Waals surface area contributed by atoms with E-state index in [1.807, 2.05) is 14.1 Å². The summed E-state index contributed by atoms with van der Waals surface area (Å²) < 4.78 is 0. The van der Waals surface area contributed by atoms with Gasteiger partial charge in [-0.2, -0.15) is 0 Å². The molecule has 0 aliphatic carbocycles. The maximum atomic E-state index is 11.9. The summed E-state index contributed by atoms with van der Waals surface area (Å²) in [6.45, 7) is 4.81. The number of amides is 1. The normalized spacial score (nSPS) is 17.1. The Morgan fingerprint density at radius 2 is 2.14 bits per heavy atom. The lowest BCUT2D eigenvalue weighted by Crippen LogP contribution is -2.34. The highest BCUT2D eigenvalue weighted by Gasteiger charge is 2.25. The van der Waals surface area contributed by atoms with E-state index < -0.39 is 0 Å². The van der Waals surface area contributed by atoms with Gasteiger partial charge < -0.3 is 15.1 Å². The van der Waals surface area contributed by atoms with Crippen molar-refractivity contribution in [2.45, 2.75) is 32.2 Å². The lowest BCUT2D eigenvalue weighted by molar-refractivity contribution is -0.120. The van der Waals surface area contributed by atoms with E-state index in [1.54, 1.807) is 0 Å². The first kappa shape index (κ1) is 15.8. The van der Waals surface area contributed by atoms with Gasteiger partial charge >= 0.3 is 0 Å². The number of benzene rings is 1. The Morgan fingerprint density at radius 3 is 2.90 bits per heavy atom. The van der Waals surface area contributed by atoms with Crippen molar-refractivity contribution in [3.8, 4) is 0 Å². The zero-order valence-corrected chi connectivity index (χ0v) is 13.4. The Kier molecular flexibility index (Phi) is 5.62. The number of rotatable bonds is 7. The summed E-state index contributed by atoms with van der Waals surface area (Å²) in [4.78, 5) is 16.4. The zero-order valence-electron chi connectivity index (χ0n) is 13.4. The molecule has 1 aromatic rings. The number of anilines is 1. The number of fused-ring (bicyclic) bond motifs is 1. The van der Waals surface area contributed by atoms with Crippen LogP contribution in [0.5, 0.6) is 0 Å². The summed E-state index contributed by atoms with van der Waals surface area (Å²) in [6.07, 6.45) is 2.66. The van der Waals surface area contributed by atoms with Crippen molar-refractivity contribution in [3.05, 3.63) is 29.8 Å². The molecule has 1 atom stereocenters. The van der Waals surface area contributed by atoms with Crippen LogP contribution in [0.4, 0.5) is 5.69 Å². The summed E-state index contributed by atoms with van der Waals surface area (Å²) in [5, 5.41) is 3.01. The van der Waals surface area contributed by atoms with Gasteiger partial charge in [0, 0.05) is 31.2 Å². The molecular weight excluding hydrogens is 262 g/mol. The first-order chi connectivity index (χ1) is 10.1. The van der Waals surface area contributed by atoms with Crippen molar-refractivity contribution in [2.75, 3.05) is 38.6 Å². The number of nitrogens with one attached hydrogen (secondary N) is 1. The van der Waals surface area contributed by atoms with Crippen LogP contribution in [-0.4, -0.2) is 50.6 Å². The van der Waals surface area contributed by atoms with Crippen LogP contribution >= 0.6 is 0 Å². The molecule has 2 rings (SSSR count). The van der Waals surface area contributed by atoms with Crippen LogP contribution in [0, 0.1) is 0 Å². The number of nitrogens with zero attached hydrogens (tertiary/aromatic N) is 2. The Bertz CT molecular complexity index is 473. The standard InChI is InChI=1S/C17H27N3O/c1-14-13-15-7-4-5-8-16(15)20(14)12-9-17(21)18-10-6-11-19(2)3/h4-5,7-8,14H,6,9-13H2,1-3H3,(H,18,21). The second kappa shape index (κ2) is 7.46. The smallest absolute Gasteiger partial charge is 0.221 e. The van der Waals surface area contributed by atoms with Gasteiger partial charge in [0.25, 0.3) is 0 Å². The quantitative estimate of drug-likeness (QED) is 0.779. The van der Waals surface area contributed by atoms with Crippen molar-refractivity contribution in [1.82, 2.24) is 10.2 Å². The molecule has 1 amide bonds. The van der Waals surface area contributed by atoms with E-state index in [0.29, 0.717) is 12.5 Å². The van der Waals surface area contributed by atoms with E-state index in [1.165, 1.54) is 11.3 Å². The summed E-state index contributed by atoms with van der Waals surface area (Å²) in [5.74, 6) is 0.158. The molecule has 1 heterocycles. The number of carbonyl (C=O) groups is 1. The van der Waals surface area contributed by atoms with Crippen LogP contribution in [0.25, 0.3) is 0 Å². The maximum absolute atomic E-state index is 11.9. The van der Waals surface area contributed by atoms with E-state index in [9.17, 15) is 4.79 Å². The minimum absolute atomic E-state index is 0.158. The van der Waals surface area contributed by atoms with Gasteiger partial charge in [-0.15, -0.1) is 0 Å². The Labute approximate surface area is 128 Å². The predicted octanol–water partition coefficient (Wildman–Crippen LogP) is 1.90. The van der Waals surface area contributed by atoms with Crippen LogP contribution in [-0.2, 0) is 11.2 Å². The SMILES string of the molecule is CC1Cc2ccccc2N1CCC(=O)NCCCN(C)C. The van der Waals surface area contributed by atoms with E-state index >= 15 is 0 Å². The predicted molar refractivity (Wildman–Crippen MR) is 87.8 cm³/mol. The molecule has 0 fully saturated rings. The molecule has 0 spiro atoms. The fraction of sp³-hybridized carbons (Fsp3) is 0.588. The molecule has 116 valence electrons. The molecule has 21 heavy (non-hydrogen) atoms. The van der Waals surface area contributed by atoms with Gasteiger partial charge in [-0.25, -0.2) is 0 Å². The fourth-order valence-corrected chi connectivity index (χ4v) is 2.90. The molecule has 1 unspecified atom stereocenters. The van der Waals surface area contributed by atoms with Crippen LogP contribution in [0.15, 0.2) is 24.3 Å². The largest absolute Gasteiger partial charge is 0.368 e. The molecule has 1 aliphatic rings. The van der Waals surface area contributed by atoms with E-state index in [4.69, 9.17) is 0 Å². The molecule has 1 aromatic carbocycles. The third-order valence-electron chi connectivity index (χ3n) is 4.03. The Balaban J connectivity index is 1.74. The van der Waals surface area contributed by atoms with Gasteiger partial charge in [-0.1, -0.05) is 18.2 Å². The summed E-state index contributed by atoms with van der Waals surface area (Å²) in [6, 6.07) is 9.00. The van der Waals surface area contributed by atoms with Crippen molar-refractivity contribution in [3.63, 3.8) is 0 Å². The number of hydrogen-bond acceptors (Lipinski definition) is 3. The van der Waals surface area contributed by atoms with Gasteiger partial charge in [0.05, 0.1) is 0 Å². The monoisotopic (exact) mass is 289 g/mol. The average molecular weight is 289 g/mol. The lowest BCUT2D eigenvalue weighted by Gasteiger charge is -2.24. The molecule has 1 aliphatic heterocycles. The minimum atomic E-state index is 0.158. The fourth-order valence-electron chi connectivity index (χ4n) is 2.90. The third-order valence-corrected chi connectivity index (χ3v) is 4.03. The van der Waals surface area contributed by atoms with Gasteiger partial charge in [0.15, 0.2) is 0 Å². The van der Waals surface area contributed by atoms with Gasteiger partial charge in [-0.3, -0.25) is 4.79 Å². The summed E-state index contributed by atoms with van der Waals surface area (Å²) in [5.41, 5.74) is 2.70. The van der Waals surface area contributed by atoms with E-state index in [-0.39, 0.29) is 5.91 Å². The third kappa shape index (κ3) is 4.46. The molecule has 4 heteroatoms. The van der Waals surface area contributed by atoms with Crippen LogP contribution in [0.1, 0.15) is 25.3 Å². The number of carbonyl (C=O) groups excluding carboxylic acids is 1.